The molecule has 4 rings (SSSR count). The van der Waals surface area contributed by atoms with Crippen LogP contribution in [0.4, 0.5) is 4.39 Å². The van der Waals surface area contributed by atoms with Crippen LogP contribution in [0, 0.1) is 12.7 Å². The molecule has 176 valence electrons. The predicted octanol–water partition coefficient (Wildman–Crippen LogP) is 5.03. The second kappa shape index (κ2) is 10.7. The Kier molecular flexibility index (Phi) is 7.43. The van der Waals surface area contributed by atoms with E-state index in [1.807, 2.05) is 36.6 Å². The van der Waals surface area contributed by atoms with Crippen molar-refractivity contribution in [2.75, 3.05) is 26.2 Å². The molecule has 0 radical (unpaired) electrons. The molecule has 0 saturated carbocycles. The number of amides is 2. The fraction of sp³-hybridized carbons (Fsp3) is 0.259. The second-order valence-electron chi connectivity index (χ2n) is 8.21. The van der Waals surface area contributed by atoms with E-state index in [0.29, 0.717) is 18.7 Å². The van der Waals surface area contributed by atoms with E-state index in [1.165, 1.54) is 34.0 Å². The number of hydrogen-bond acceptors (Lipinski definition) is 4. The largest absolute Gasteiger partial charge is 0.491 e. The van der Waals surface area contributed by atoms with Crippen LogP contribution in [0.3, 0.4) is 0 Å². The molecule has 2 aromatic carbocycles. The fourth-order valence-electron chi connectivity index (χ4n) is 4.17. The minimum atomic E-state index is -0.417. The summed E-state index contributed by atoms with van der Waals surface area (Å²) in [5, 5.41) is 2.04. The Hall–Kier alpha value is -3.45. The first-order valence-electron chi connectivity index (χ1n) is 11.2. The second-order valence-corrected chi connectivity index (χ2v) is 9.21. The molecule has 0 aliphatic carbocycles. The van der Waals surface area contributed by atoms with Crippen LogP contribution < -0.4 is 4.74 Å². The van der Waals surface area contributed by atoms with Gasteiger partial charge in [0, 0.05) is 23.5 Å². The van der Waals surface area contributed by atoms with E-state index in [9.17, 15) is 14.0 Å². The third-order valence-electron chi connectivity index (χ3n) is 5.96. The Morgan fingerprint density at radius 3 is 2.71 bits per heavy atom. The topological polar surface area (TPSA) is 49.9 Å². The van der Waals surface area contributed by atoms with E-state index < -0.39 is 5.82 Å². The number of halogens is 1. The molecule has 34 heavy (non-hydrogen) atoms. The van der Waals surface area contributed by atoms with Crippen LogP contribution in [0.5, 0.6) is 5.75 Å². The molecule has 0 bridgehead atoms. The first-order chi connectivity index (χ1) is 16.5. The van der Waals surface area contributed by atoms with Crippen LogP contribution in [0.15, 0.2) is 72.6 Å². The minimum absolute atomic E-state index is 0.0947. The number of para-hydroxylation sites is 1. The van der Waals surface area contributed by atoms with Crippen LogP contribution in [-0.4, -0.2) is 47.9 Å². The molecule has 1 aliphatic heterocycles. The molecule has 2 heterocycles. The number of fused-ring (bicyclic) bond motifs is 1. The summed E-state index contributed by atoms with van der Waals surface area (Å²) in [6.07, 6.45) is 2.35. The van der Waals surface area contributed by atoms with Crippen LogP contribution in [0.25, 0.3) is 0 Å². The molecule has 3 aromatic rings. The molecule has 0 N–H and O–H groups in total. The highest BCUT2D eigenvalue weighted by Gasteiger charge is 2.33. The first-order valence-corrected chi connectivity index (χ1v) is 12.1. The Morgan fingerprint density at radius 1 is 1.21 bits per heavy atom. The number of carbonyl (C=O) groups excluding carboxylic acids is 2. The van der Waals surface area contributed by atoms with Gasteiger partial charge in [-0.3, -0.25) is 9.59 Å². The summed E-state index contributed by atoms with van der Waals surface area (Å²) in [5.74, 6) is -0.127. The molecule has 0 unspecified atom stereocenters. The van der Waals surface area contributed by atoms with Gasteiger partial charge in [-0.25, -0.2) is 4.39 Å². The van der Waals surface area contributed by atoms with Crippen molar-refractivity contribution in [2.45, 2.75) is 19.4 Å². The molecular formula is C27H27FN2O3S. The molecule has 7 heteroatoms. The molecule has 2 amide bonds. The van der Waals surface area contributed by atoms with E-state index in [4.69, 9.17) is 4.74 Å². The zero-order chi connectivity index (χ0) is 24.1. The van der Waals surface area contributed by atoms with E-state index in [-0.39, 0.29) is 30.9 Å². The van der Waals surface area contributed by atoms with Crippen molar-refractivity contribution in [2.24, 2.45) is 0 Å². The van der Waals surface area contributed by atoms with E-state index in [2.05, 4.69) is 12.6 Å². The molecule has 1 aromatic heterocycles. The lowest BCUT2D eigenvalue weighted by Crippen LogP contribution is -2.47. The fourth-order valence-corrected chi connectivity index (χ4v) is 5.09. The Balaban J connectivity index is 1.53. The van der Waals surface area contributed by atoms with Gasteiger partial charge in [0.15, 0.2) is 0 Å². The van der Waals surface area contributed by atoms with Gasteiger partial charge < -0.3 is 14.5 Å². The average molecular weight is 479 g/mol. The van der Waals surface area contributed by atoms with Crippen LogP contribution in [0.2, 0.25) is 0 Å². The van der Waals surface area contributed by atoms with Crippen molar-refractivity contribution < 1.29 is 18.7 Å². The maximum absolute atomic E-state index is 13.5. The standard InChI is InChI=1S/C27H27FN2O3S/c1-3-14-29(27(32)20-8-10-21(28)11-9-20)17-26(31)30-15-12-25-22(13-16-34-25)23(30)18-33-24-7-5-4-6-19(24)2/h3-11,13,16,23H,1,12,14-15,17-18H2,2H3/t23-/m1/s1. The van der Waals surface area contributed by atoms with Crippen LogP contribution in [0.1, 0.15) is 32.4 Å². The van der Waals surface area contributed by atoms with Gasteiger partial charge >= 0.3 is 0 Å². The maximum atomic E-state index is 13.5. The van der Waals surface area contributed by atoms with E-state index >= 15 is 0 Å². The molecule has 0 spiro atoms. The van der Waals surface area contributed by atoms with Crippen LogP contribution in [-0.2, 0) is 11.2 Å². The summed E-state index contributed by atoms with van der Waals surface area (Å²) < 4.78 is 19.4. The minimum Gasteiger partial charge on any atom is -0.491 e. The zero-order valence-corrected chi connectivity index (χ0v) is 19.9. The molecule has 0 fully saturated rings. The Labute approximate surface area is 203 Å². The lowest BCUT2D eigenvalue weighted by molar-refractivity contribution is -0.135. The number of aryl methyl sites for hydroxylation is 1. The highest BCUT2D eigenvalue weighted by molar-refractivity contribution is 7.10. The van der Waals surface area contributed by atoms with Gasteiger partial charge in [-0.1, -0.05) is 24.3 Å². The summed E-state index contributed by atoms with van der Waals surface area (Å²) >= 11 is 1.69. The molecule has 0 saturated heterocycles. The number of rotatable bonds is 8. The summed E-state index contributed by atoms with van der Waals surface area (Å²) in [7, 11) is 0. The highest BCUT2D eigenvalue weighted by Crippen LogP contribution is 2.34. The molecular weight excluding hydrogens is 451 g/mol. The van der Waals surface area contributed by atoms with Crippen molar-refractivity contribution in [3.63, 3.8) is 0 Å². The lowest BCUT2D eigenvalue weighted by atomic mass is 10.00. The quantitative estimate of drug-likeness (QED) is 0.427. The van der Waals surface area contributed by atoms with Gasteiger partial charge in [0.2, 0.25) is 5.91 Å². The van der Waals surface area contributed by atoms with Crippen molar-refractivity contribution in [3.05, 3.63) is 100 Å². The van der Waals surface area contributed by atoms with Crippen molar-refractivity contribution in [1.29, 1.82) is 0 Å². The van der Waals surface area contributed by atoms with Crippen molar-refractivity contribution in [1.82, 2.24) is 9.80 Å². The monoisotopic (exact) mass is 478 g/mol. The van der Waals surface area contributed by atoms with Crippen molar-refractivity contribution >= 4 is 23.2 Å². The highest BCUT2D eigenvalue weighted by atomic mass is 32.1. The lowest BCUT2D eigenvalue weighted by Gasteiger charge is -2.37. The van der Waals surface area contributed by atoms with Crippen molar-refractivity contribution in [3.8, 4) is 5.75 Å². The third kappa shape index (κ3) is 5.20. The normalized spacial score (nSPS) is 14.9. The molecule has 1 atom stereocenters. The number of thiophene rings is 1. The zero-order valence-electron chi connectivity index (χ0n) is 19.1. The Morgan fingerprint density at radius 2 is 1.97 bits per heavy atom. The molecule has 5 nitrogen and oxygen atoms in total. The van der Waals surface area contributed by atoms with E-state index in [0.717, 1.165) is 23.3 Å². The smallest absolute Gasteiger partial charge is 0.254 e. The summed E-state index contributed by atoms with van der Waals surface area (Å²) in [6.45, 7) is 6.71. The van der Waals surface area contributed by atoms with Gasteiger partial charge in [0.1, 0.15) is 24.7 Å². The van der Waals surface area contributed by atoms with E-state index in [1.54, 1.807) is 22.3 Å². The first kappa shape index (κ1) is 23.7. The summed E-state index contributed by atoms with van der Waals surface area (Å²) in [4.78, 5) is 31.0. The van der Waals surface area contributed by atoms with Gasteiger partial charge in [-0.2, -0.15) is 0 Å². The SMILES string of the molecule is C=CCN(CC(=O)N1CCc2sccc2[C@H]1COc1ccccc1C)C(=O)c1ccc(F)cc1. The number of carbonyl (C=O) groups is 2. The van der Waals surface area contributed by atoms with Gasteiger partial charge in [0.25, 0.3) is 5.91 Å². The third-order valence-corrected chi connectivity index (χ3v) is 6.96. The summed E-state index contributed by atoms with van der Waals surface area (Å²) in [5.41, 5.74) is 2.45. The number of benzene rings is 2. The van der Waals surface area contributed by atoms with Gasteiger partial charge in [0.05, 0.1) is 6.04 Å². The van der Waals surface area contributed by atoms with Gasteiger partial charge in [-0.05, 0) is 66.2 Å². The number of nitrogens with zero attached hydrogens (tertiary/aromatic N) is 2. The van der Waals surface area contributed by atoms with Gasteiger partial charge in [-0.15, -0.1) is 17.9 Å². The number of ether oxygens (including phenoxy) is 1. The Bertz CT molecular complexity index is 1170. The molecule has 1 aliphatic rings. The van der Waals surface area contributed by atoms with Crippen LogP contribution >= 0.6 is 11.3 Å². The number of hydrogen-bond donors (Lipinski definition) is 0. The predicted molar refractivity (Wildman–Crippen MR) is 132 cm³/mol. The summed E-state index contributed by atoms with van der Waals surface area (Å²) in [6, 6.07) is 14.9. The average Bonchev–Trinajstić information content (AvgIpc) is 3.32. The maximum Gasteiger partial charge on any atom is 0.254 e.